The lowest BCUT2D eigenvalue weighted by atomic mass is 9.98. The Morgan fingerprint density at radius 2 is 2.12 bits per heavy atom. The summed E-state index contributed by atoms with van der Waals surface area (Å²) in [6, 6.07) is 6.53. The first kappa shape index (κ1) is 16.5. The van der Waals surface area contributed by atoms with E-state index in [-0.39, 0.29) is 17.9 Å². The Morgan fingerprint density at radius 3 is 2.84 bits per heavy atom. The third-order valence-electron chi connectivity index (χ3n) is 5.05. The highest BCUT2D eigenvalue weighted by molar-refractivity contribution is 7.15. The number of carbonyl (C=O) groups excluding carboxylic acids is 1. The highest BCUT2D eigenvalue weighted by Gasteiger charge is 2.29. The van der Waals surface area contributed by atoms with Crippen LogP contribution in [-0.2, 0) is 6.42 Å². The predicted molar refractivity (Wildman–Crippen MR) is 97.1 cm³/mol. The van der Waals surface area contributed by atoms with Crippen molar-refractivity contribution in [2.24, 2.45) is 5.92 Å². The van der Waals surface area contributed by atoms with E-state index in [0.717, 1.165) is 59.9 Å². The van der Waals surface area contributed by atoms with Crippen LogP contribution in [0.15, 0.2) is 24.3 Å². The molecule has 1 aliphatic carbocycles. The van der Waals surface area contributed by atoms with E-state index >= 15 is 0 Å². The molecule has 2 aromatic rings. The van der Waals surface area contributed by atoms with Gasteiger partial charge in [0.05, 0.1) is 16.6 Å². The minimum absolute atomic E-state index is 0.0406. The molecule has 0 saturated carbocycles. The Kier molecular flexibility index (Phi) is 4.46. The molecule has 25 heavy (non-hydrogen) atoms. The number of aryl methyl sites for hydroxylation is 1. The molecule has 4 nitrogen and oxygen atoms in total. The molecule has 0 bridgehead atoms. The predicted octanol–water partition coefficient (Wildman–Crippen LogP) is 4.38. The number of rotatable bonds is 2. The van der Waals surface area contributed by atoms with Gasteiger partial charge in [-0.1, -0.05) is 6.92 Å². The zero-order chi connectivity index (χ0) is 17.4. The van der Waals surface area contributed by atoms with Crippen molar-refractivity contribution >= 4 is 17.4 Å². The normalized spacial score (nSPS) is 22.7. The van der Waals surface area contributed by atoms with Crippen molar-refractivity contribution in [3.05, 3.63) is 40.7 Å². The molecular formula is C19H22FN3OS. The molecule has 2 atom stereocenters. The number of nitrogens with one attached hydrogen (secondary N) is 1. The van der Waals surface area contributed by atoms with E-state index in [2.05, 4.69) is 12.2 Å². The fourth-order valence-corrected chi connectivity index (χ4v) is 4.84. The largest absolute Gasteiger partial charge is 0.330 e. The number of hydrogen-bond donors (Lipinski definition) is 1. The maximum atomic E-state index is 13.1. The highest BCUT2D eigenvalue weighted by Crippen LogP contribution is 2.38. The van der Waals surface area contributed by atoms with Crippen molar-refractivity contribution < 1.29 is 9.18 Å². The molecule has 1 N–H and O–H groups in total. The zero-order valence-electron chi connectivity index (χ0n) is 14.3. The second-order valence-electron chi connectivity index (χ2n) is 7.07. The van der Waals surface area contributed by atoms with E-state index in [4.69, 9.17) is 4.98 Å². The van der Waals surface area contributed by atoms with Gasteiger partial charge in [0, 0.05) is 18.7 Å². The number of aromatic nitrogens is 1. The quantitative estimate of drug-likeness (QED) is 0.865. The van der Waals surface area contributed by atoms with Gasteiger partial charge in [-0.15, -0.1) is 11.3 Å². The Hall–Kier alpha value is -1.95. The molecule has 132 valence electrons. The van der Waals surface area contributed by atoms with Gasteiger partial charge in [0.25, 0.3) is 0 Å². The molecule has 1 fully saturated rings. The monoisotopic (exact) mass is 359 g/mol. The van der Waals surface area contributed by atoms with Crippen LogP contribution in [0.3, 0.4) is 0 Å². The fourth-order valence-electron chi connectivity index (χ4n) is 3.63. The van der Waals surface area contributed by atoms with Crippen LogP contribution in [0.5, 0.6) is 0 Å². The number of fused-ring (bicyclic) bond motifs is 1. The van der Waals surface area contributed by atoms with Gasteiger partial charge in [-0.3, -0.25) is 0 Å². The Morgan fingerprint density at radius 1 is 1.32 bits per heavy atom. The summed E-state index contributed by atoms with van der Waals surface area (Å²) >= 11 is 1.62. The number of hydrogen-bond acceptors (Lipinski definition) is 3. The lowest BCUT2D eigenvalue weighted by Crippen LogP contribution is -2.41. The van der Waals surface area contributed by atoms with Gasteiger partial charge in [-0.25, -0.2) is 14.2 Å². The number of urea groups is 1. The molecular weight excluding hydrogens is 337 g/mol. The number of carbonyl (C=O) groups is 1. The minimum atomic E-state index is -0.241. The molecule has 4 rings (SSSR count). The van der Waals surface area contributed by atoms with Crippen molar-refractivity contribution in [3.63, 3.8) is 0 Å². The second-order valence-corrected chi connectivity index (χ2v) is 8.10. The fraction of sp³-hybridized carbons (Fsp3) is 0.474. The highest BCUT2D eigenvalue weighted by atomic mass is 32.1. The van der Waals surface area contributed by atoms with E-state index in [0.29, 0.717) is 5.92 Å². The van der Waals surface area contributed by atoms with Gasteiger partial charge in [0.15, 0.2) is 0 Å². The Labute approximate surface area is 151 Å². The third kappa shape index (κ3) is 3.40. The van der Waals surface area contributed by atoms with Crippen molar-refractivity contribution in [2.75, 3.05) is 13.1 Å². The Balaban J connectivity index is 1.53. The van der Waals surface area contributed by atoms with Gasteiger partial charge in [0.1, 0.15) is 10.8 Å². The maximum Gasteiger partial charge on any atom is 0.317 e. The standard InChI is InChI=1S/C19H22FN3OS/c1-12-9-10-23(11-12)19(24)22-16-4-2-3-15-17(16)25-18(21-15)13-5-7-14(20)8-6-13/h5-8,12,16H,2-4,9-11H2,1H3,(H,22,24). The third-order valence-corrected chi connectivity index (χ3v) is 6.31. The first-order valence-corrected chi connectivity index (χ1v) is 9.73. The minimum Gasteiger partial charge on any atom is -0.330 e. The SMILES string of the molecule is CC1CCN(C(=O)NC2CCCc3nc(-c4ccc(F)cc4)sc32)C1. The van der Waals surface area contributed by atoms with Gasteiger partial charge in [-0.2, -0.15) is 0 Å². The van der Waals surface area contributed by atoms with Crippen LogP contribution in [0.25, 0.3) is 10.6 Å². The van der Waals surface area contributed by atoms with Crippen molar-refractivity contribution in [1.29, 1.82) is 0 Å². The van der Waals surface area contributed by atoms with Crippen LogP contribution in [0.4, 0.5) is 9.18 Å². The van der Waals surface area contributed by atoms with Crippen LogP contribution in [0.1, 0.15) is 42.8 Å². The lowest BCUT2D eigenvalue weighted by molar-refractivity contribution is 0.202. The molecule has 6 heteroatoms. The first-order chi connectivity index (χ1) is 12.1. The van der Waals surface area contributed by atoms with E-state index in [1.54, 1.807) is 23.5 Å². The van der Waals surface area contributed by atoms with E-state index in [1.165, 1.54) is 12.1 Å². The van der Waals surface area contributed by atoms with Crippen LogP contribution >= 0.6 is 11.3 Å². The van der Waals surface area contributed by atoms with Crippen LogP contribution in [0.2, 0.25) is 0 Å². The molecule has 2 aliphatic rings. The molecule has 1 aromatic heterocycles. The molecule has 2 unspecified atom stereocenters. The van der Waals surface area contributed by atoms with E-state index in [9.17, 15) is 9.18 Å². The van der Waals surface area contributed by atoms with Crippen LogP contribution in [-0.4, -0.2) is 29.0 Å². The molecule has 2 heterocycles. The topological polar surface area (TPSA) is 45.2 Å². The number of nitrogens with zero attached hydrogens (tertiary/aromatic N) is 2. The number of benzene rings is 1. The van der Waals surface area contributed by atoms with Crippen LogP contribution in [0, 0.1) is 11.7 Å². The second kappa shape index (κ2) is 6.75. The summed E-state index contributed by atoms with van der Waals surface area (Å²) in [4.78, 5) is 20.4. The number of likely N-dealkylation sites (tertiary alicyclic amines) is 1. The molecule has 1 aromatic carbocycles. The molecule has 1 aliphatic heterocycles. The summed E-state index contributed by atoms with van der Waals surface area (Å²) in [5.41, 5.74) is 2.01. The van der Waals surface area contributed by atoms with E-state index < -0.39 is 0 Å². The maximum absolute atomic E-state index is 13.1. The Bertz CT molecular complexity index is 773. The first-order valence-electron chi connectivity index (χ1n) is 8.91. The molecule has 1 saturated heterocycles. The van der Waals surface area contributed by atoms with Gasteiger partial charge in [-0.05, 0) is 55.9 Å². The molecule has 0 radical (unpaired) electrons. The summed E-state index contributed by atoms with van der Waals surface area (Å²) in [5.74, 6) is 0.344. The number of thiazole rings is 1. The summed E-state index contributed by atoms with van der Waals surface area (Å²) in [6.07, 6.45) is 4.01. The average Bonchev–Trinajstić information content (AvgIpc) is 3.22. The van der Waals surface area contributed by atoms with Gasteiger partial charge < -0.3 is 10.2 Å². The number of amides is 2. The molecule has 0 spiro atoms. The van der Waals surface area contributed by atoms with Crippen molar-refractivity contribution in [3.8, 4) is 10.6 Å². The smallest absolute Gasteiger partial charge is 0.317 e. The zero-order valence-corrected chi connectivity index (χ0v) is 15.1. The van der Waals surface area contributed by atoms with Crippen molar-refractivity contribution in [1.82, 2.24) is 15.2 Å². The average molecular weight is 359 g/mol. The lowest BCUT2D eigenvalue weighted by Gasteiger charge is -2.25. The summed E-state index contributed by atoms with van der Waals surface area (Å²) in [6.45, 7) is 3.87. The molecule has 2 amide bonds. The van der Waals surface area contributed by atoms with Gasteiger partial charge in [0.2, 0.25) is 0 Å². The summed E-state index contributed by atoms with van der Waals surface area (Å²) < 4.78 is 13.1. The number of halogens is 1. The summed E-state index contributed by atoms with van der Waals surface area (Å²) in [5, 5.41) is 4.11. The van der Waals surface area contributed by atoms with Gasteiger partial charge >= 0.3 is 6.03 Å². The van der Waals surface area contributed by atoms with E-state index in [1.807, 2.05) is 4.90 Å². The summed E-state index contributed by atoms with van der Waals surface area (Å²) in [7, 11) is 0. The van der Waals surface area contributed by atoms with Crippen LogP contribution < -0.4 is 5.32 Å². The van der Waals surface area contributed by atoms with Crippen molar-refractivity contribution in [2.45, 2.75) is 38.6 Å².